The second kappa shape index (κ2) is 7.38. The van der Waals surface area contributed by atoms with Gasteiger partial charge in [-0.25, -0.2) is 9.97 Å². The molecule has 0 bridgehead atoms. The second-order valence-corrected chi connectivity index (χ2v) is 6.12. The van der Waals surface area contributed by atoms with Gasteiger partial charge in [0.15, 0.2) is 0 Å². The lowest BCUT2D eigenvalue weighted by molar-refractivity contribution is 0.293. The summed E-state index contributed by atoms with van der Waals surface area (Å²) in [6.07, 6.45) is 5.70. The van der Waals surface area contributed by atoms with Crippen molar-refractivity contribution in [1.82, 2.24) is 35.3 Å². The lowest BCUT2D eigenvalue weighted by atomic mass is 10.3. The molecular weight excluding hydrogens is 334 g/mol. The minimum absolute atomic E-state index is 0.217. The fourth-order valence-electron chi connectivity index (χ4n) is 1.77. The first kappa shape index (κ1) is 15.7. The quantitative estimate of drug-likeness (QED) is 0.618. The summed E-state index contributed by atoms with van der Waals surface area (Å²) in [6.45, 7) is 2.45. The second-order valence-electron chi connectivity index (χ2n) is 4.41. The summed E-state index contributed by atoms with van der Waals surface area (Å²) < 4.78 is 5.58. The molecule has 0 unspecified atom stereocenters. The zero-order valence-electron chi connectivity index (χ0n) is 12.5. The molecule has 118 valence electrons. The summed E-state index contributed by atoms with van der Waals surface area (Å²) in [5.41, 5.74) is 3.99. The molecule has 0 amide bonds. The van der Waals surface area contributed by atoms with E-state index in [1.807, 2.05) is 18.7 Å². The van der Waals surface area contributed by atoms with E-state index in [-0.39, 0.29) is 6.01 Å². The molecule has 0 spiro atoms. The summed E-state index contributed by atoms with van der Waals surface area (Å²) in [6, 6.07) is 0.217. The number of rotatable bonds is 6. The number of thiazole rings is 1. The smallest absolute Gasteiger partial charge is 0.336 e. The van der Waals surface area contributed by atoms with E-state index in [1.165, 1.54) is 29.0 Å². The maximum absolute atomic E-state index is 5.58. The zero-order valence-corrected chi connectivity index (χ0v) is 14.1. The molecule has 3 heterocycles. The predicted octanol–water partition coefficient (Wildman–Crippen LogP) is 1.83. The number of hydrogen-bond donors (Lipinski definition) is 0. The number of thioether (sulfide) groups is 1. The summed E-state index contributed by atoms with van der Waals surface area (Å²) in [5.74, 6) is 0. The van der Waals surface area contributed by atoms with Gasteiger partial charge in [-0.15, -0.1) is 16.4 Å². The van der Waals surface area contributed by atoms with Gasteiger partial charge in [-0.1, -0.05) is 16.9 Å². The lowest BCUT2D eigenvalue weighted by Crippen LogP contribution is -2.06. The van der Waals surface area contributed by atoms with Crippen molar-refractivity contribution in [3.63, 3.8) is 0 Å². The molecule has 0 saturated carbocycles. The van der Waals surface area contributed by atoms with Gasteiger partial charge in [0.05, 0.1) is 30.2 Å². The Morgan fingerprint density at radius 2 is 1.91 bits per heavy atom. The van der Waals surface area contributed by atoms with E-state index in [0.717, 1.165) is 12.1 Å². The summed E-state index contributed by atoms with van der Waals surface area (Å²) in [4.78, 5) is 14.0. The Balaban J connectivity index is 1.68. The van der Waals surface area contributed by atoms with Gasteiger partial charge in [0.2, 0.25) is 5.16 Å². The van der Waals surface area contributed by atoms with Crippen LogP contribution in [0.3, 0.4) is 0 Å². The van der Waals surface area contributed by atoms with Gasteiger partial charge in [-0.3, -0.25) is 0 Å². The molecular formula is C13H13N7OS2. The standard InChI is InChI=1S/C13H13N7OS2/c1-8-11(23-7-14-8)3-4-21-12-17-9(5-15-19-12)10-6-16-20-13(18-10)22-2/h5-7H,3-4H2,1-2H3. The van der Waals surface area contributed by atoms with Crippen molar-refractivity contribution >= 4 is 23.1 Å². The predicted molar refractivity (Wildman–Crippen MR) is 86.5 cm³/mol. The van der Waals surface area contributed by atoms with E-state index >= 15 is 0 Å². The number of hydrogen-bond acceptors (Lipinski definition) is 10. The van der Waals surface area contributed by atoms with E-state index < -0.39 is 0 Å². The average molecular weight is 347 g/mol. The van der Waals surface area contributed by atoms with Crippen LogP contribution in [0.5, 0.6) is 6.01 Å². The Morgan fingerprint density at radius 1 is 1.13 bits per heavy atom. The van der Waals surface area contributed by atoms with Gasteiger partial charge in [0, 0.05) is 11.3 Å². The van der Waals surface area contributed by atoms with Crippen molar-refractivity contribution in [2.24, 2.45) is 0 Å². The van der Waals surface area contributed by atoms with Crippen LogP contribution in [0.2, 0.25) is 0 Å². The molecule has 23 heavy (non-hydrogen) atoms. The first-order valence-electron chi connectivity index (χ1n) is 6.72. The molecule has 0 aliphatic heterocycles. The molecule has 3 aromatic rings. The van der Waals surface area contributed by atoms with Gasteiger partial charge in [-0.05, 0) is 13.2 Å². The Kier molecular flexibility index (Phi) is 5.03. The van der Waals surface area contributed by atoms with E-state index in [4.69, 9.17) is 4.74 Å². The number of aryl methyl sites for hydroxylation is 1. The van der Waals surface area contributed by atoms with E-state index in [1.54, 1.807) is 11.3 Å². The highest BCUT2D eigenvalue weighted by Gasteiger charge is 2.08. The third-order valence-corrected chi connectivity index (χ3v) is 4.46. The van der Waals surface area contributed by atoms with Crippen molar-refractivity contribution in [2.75, 3.05) is 12.9 Å². The minimum Gasteiger partial charge on any atom is -0.462 e. The van der Waals surface area contributed by atoms with Crippen LogP contribution in [-0.4, -0.2) is 48.2 Å². The third kappa shape index (κ3) is 3.96. The normalized spacial score (nSPS) is 10.7. The molecule has 0 atom stereocenters. The Labute approximate surface area is 140 Å². The highest BCUT2D eigenvalue weighted by molar-refractivity contribution is 7.98. The first-order chi connectivity index (χ1) is 11.3. The van der Waals surface area contributed by atoms with Gasteiger partial charge in [-0.2, -0.15) is 15.2 Å². The Morgan fingerprint density at radius 3 is 2.65 bits per heavy atom. The summed E-state index contributed by atoms with van der Waals surface area (Å²) in [5, 5.41) is 16.2. The van der Waals surface area contributed by atoms with Crippen molar-refractivity contribution in [1.29, 1.82) is 0 Å². The largest absolute Gasteiger partial charge is 0.462 e. The van der Waals surface area contributed by atoms with Crippen LogP contribution in [0.4, 0.5) is 0 Å². The van der Waals surface area contributed by atoms with Crippen molar-refractivity contribution in [3.8, 4) is 17.4 Å². The van der Waals surface area contributed by atoms with Gasteiger partial charge >= 0.3 is 6.01 Å². The van der Waals surface area contributed by atoms with Crippen LogP contribution in [-0.2, 0) is 6.42 Å². The molecule has 0 aromatic carbocycles. The molecule has 10 heteroatoms. The van der Waals surface area contributed by atoms with Crippen LogP contribution in [0, 0.1) is 6.92 Å². The number of nitrogens with zero attached hydrogens (tertiary/aromatic N) is 7. The fraction of sp³-hybridized carbons (Fsp3) is 0.308. The van der Waals surface area contributed by atoms with E-state index in [9.17, 15) is 0 Å². The van der Waals surface area contributed by atoms with Crippen LogP contribution >= 0.6 is 23.1 Å². The molecule has 3 aromatic heterocycles. The first-order valence-corrected chi connectivity index (χ1v) is 8.82. The molecule has 0 N–H and O–H groups in total. The van der Waals surface area contributed by atoms with Crippen molar-refractivity contribution in [2.45, 2.75) is 18.5 Å². The molecule has 0 radical (unpaired) electrons. The molecule has 3 rings (SSSR count). The zero-order chi connectivity index (χ0) is 16.1. The van der Waals surface area contributed by atoms with Crippen LogP contribution in [0.1, 0.15) is 10.6 Å². The van der Waals surface area contributed by atoms with Gasteiger partial charge in [0.25, 0.3) is 0 Å². The van der Waals surface area contributed by atoms with Gasteiger partial charge < -0.3 is 4.74 Å². The Hall–Kier alpha value is -2.20. The summed E-state index contributed by atoms with van der Waals surface area (Å²) >= 11 is 3.02. The molecule has 8 nitrogen and oxygen atoms in total. The van der Waals surface area contributed by atoms with Crippen molar-refractivity contribution in [3.05, 3.63) is 28.5 Å². The Bertz CT molecular complexity index is 795. The topological polar surface area (TPSA) is 99.5 Å². The fourth-order valence-corrected chi connectivity index (χ4v) is 2.85. The number of aromatic nitrogens is 7. The van der Waals surface area contributed by atoms with Crippen molar-refractivity contribution < 1.29 is 4.74 Å². The minimum atomic E-state index is 0.217. The molecule has 0 saturated heterocycles. The van der Waals surface area contributed by atoms with E-state index in [2.05, 4.69) is 35.3 Å². The molecule has 0 aliphatic carbocycles. The monoisotopic (exact) mass is 347 g/mol. The highest BCUT2D eigenvalue weighted by atomic mass is 32.2. The third-order valence-electron chi connectivity index (χ3n) is 2.93. The van der Waals surface area contributed by atoms with E-state index in [0.29, 0.717) is 23.2 Å². The maximum Gasteiger partial charge on any atom is 0.336 e. The number of ether oxygens (including phenoxy) is 1. The summed E-state index contributed by atoms with van der Waals surface area (Å²) in [7, 11) is 0. The highest BCUT2D eigenvalue weighted by Crippen LogP contribution is 2.17. The van der Waals surface area contributed by atoms with Gasteiger partial charge in [0.1, 0.15) is 11.4 Å². The maximum atomic E-state index is 5.58. The lowest BCUT2D eigenvalue weighted by Gasteiger charge is -2.04. The SMILES string of the molecule is CSc1nncc(-c2cnnc(OCCc3scnc3C)n2)n1. The molecule has 0 fully saturated rings. The van der Waals surface area contributed by atoms with Crippen LogP contribution < -0.4 is 4.74 Å². The average Bonchev–Trinajstić information content (AvgIpc) is 3.00. The molecule has 0 aliphatic rings. The van der Waals surface area contributed by atoms with Crippen LogP contribution in [0.15, 0.2) is 23.1 Å². The van der Waals surface area contributed by atoms with Crippen LogP contribution in [0.25, 0.3) is 11.4 Å².